The van der Waals surface area contributed by atoms with Gasteiger partial charge < -0.3 is 5.73 Å². The standard InChI is InChI=1S/C15H20N4/c1-12-9-14(19-15(16)7-8-17-19)11-18(12)10-13-5-3-2-4-6-13/h2-8,12,14H,9-11,16H2,1H3. The minimum Gasteiger partial charge on any atom is -0.384 e. The Labute approximate surface area is 113 Å². The van der Waals surface area contributed by atoms with Gasteiger partial charge in [0.2, 0.25) is 0 Å². The molecule has 0 radical (unpaired) electrons. The first-order chi connectivity index (χ1) is 9.24. The molecule has 2 N–H and O–H groups in total. The van der Waals surface area contributed by atoms with Crippen molar-refractivity contribution in [1.82, 2.24) is 14.7 Å². The van der Waals surface area contributed by atoms with Gasteiger partial charge in [0, 0.05) is 19.1 Å². The number of anilines is 1. The van der Waals surface area contributed by atoms with Crippen molar-refractivity contribution in [2.75, 3.05) is 12.3 Å². The average molecular weight is 256 g/mol. The van der Waals surface area contributed by atoms with Crippen molar-refractivity contribution in [3.8, 4) is 0 Å². The van der Waals surface area contributed by atoms with Crippen LogP contribution in [-0.4, -0.2) is 27.3 Å². The predicted octanol–water partition coefficient (Wildman–Crippen LogP) is 2.30. The average Bonchev–Trinajstić information content (AvgIpc) is 2.98. The summed E-state index contributed by atoms with van der Waals surface area (Å²) >= 11 is 0. The lowest BCUT2D eigenvalue weighted by Gasteiger charge is -2.20. The third-order valence-corrected chi connectivity index (χ3v) is 3.96. The van der Waals surface area contributed by atoms with Crippen LogP contribution in [0.15, 0.2) is 42.6 Å². The summed E-state index contributed by atoms with van der Waals surface area (Å²) in [6.07, 6.45) is 2.89. The van der Waals surface area contributed by atoms with E-state index in [1.165, 1.54) is 5.56 Å². The highest BCUT2D eigenvalue weighted by Gasteiger charge is 2.31. The van der Waals surface area contributed by atoms with Crippen LogP contribution in [0.4, 0.5) is 5.82 Å². The van der Waals surface area contributed by atoms with Gasteiger partial charge in [0.25, 0.3) is 0 Å². The molecule has 0 aliphatic carbocycles. The maximum absolute atomic E-state index is 5.95. The predicted molar refractivity (Wildman–Crippen MR) is 76.6 cm³/mol. The zero-order valence-electron chi connectivity index (χ0n) is 11.2. The van der Waals surface area contributed by atoms with Crippen LogP contribution in [0.3, 0.4) is 0 Å². The normalized spacial score (nSPS) is 23.8. The molecule has 0 spiro atoms. The molecule has 4 nitrogen and oxygen atoms in total. The molecule has 19 heavy (non-hydrogen) atoms. The lowest BCUT2D eigenvalue weighted by atomic mass is 10.2. The lowest BCUT2D eigenvalue weighted by Crippen LogP contribution is -2.27. The molecule has 1 saturated heterocycles. The zero-order valence-corrected chi connectivity index (χ0v) is 11.2. The maximum atomic E-state index is 5.95. The first-order valence-corrected chi connectivity index (χ1v) is 6.81. The van der Waals surface area contributed by atoms with E-state index in [4.69, 9.17) is 5.73 Å². The Morgan fingerprint density at radius 3 is 2.74 bits per heavy atom. The number of hydrogen-bond donors (Lipinski definition) is 1. The molecule has 100 valence electrons. The Hall–Kier alpha value is -1.81. The van der Waals surface area contributed by atoms with E-state index < -0.39 is 0 Å². The molecule has 1 aromatic heterocycles. The Morgan fingerprint density at radius 2 is 2.05 bits per heavy atom. The highest BCUT2D eigenvalue weighted by molar-refractivity contribution is 5.27. The van der Waals surface area contributed by atoms with Gasteiger partial charge in [-0.3, -0.25) is 4.90 Å². The maximum Gasteiger partial charge on any atom is 0.122 e. The van der Waals surface area contributed by atoms with Crippen LogP contribution in [0, 0.1) is 0 Å². The number of likely N-dealkylation sites (tertiary alicyclic amines) is 1. The minimum atomic E-state index is 0.397. The van der Waals surface area contributed by atoms with Gasteiger partial charge in [0.1, 0.15) is 5.82 Å². The third-order valence-electron chi connectivity index (χ3n) is 3.96. The molecule has 1 aliphatic rings. The van der Waals surface area contributed by atoms with E-state index in [2.05, 4.69) is 47.3 Å². The van der Waals surface area contributed by atoms with Gasteiger partial charge >= 0.3 is 0 Å². The summed E-state index contributed by atoms with van der Waals surface area (Å²) in [5, 5.41) is 4.34. The number of hydrogen-bond acceptors (Lipinski definition) is 3. The highest BCUT2D eigenvalue weighted by Crippen LogP contribution is 2.29. The summed E-state index contributed by atoms with van der Waals surface area (Å²) in [7, 11) is 0. The molecule has 2 atom stereocenters. The van der Waals surface area contributed by atoms with Gasteiger partial charge in [-0.1, -0.05) is 30.3 Å². The molecule has 2 heterocycles. The topological polar surface area (TPSA) is 47.1 Å². The lowest BCUT2D eigenvalue weighted by molar-refractivity contribution is 0.254. The van der Waals surface area contributed by atoms with Crippen LogP contribution in [0.5, 0.6) is 0 Å². The summed E-state index contributed by atoms with van der Waals surface area (Å²) in [5.41, 5.74) is 7.31. The summed E-state index contributed by atoms with van der Waals surface area (Å²) in [5.74, 6) is 0.763. The van der Waals surface area contributed by atoms with Gasteiger partial charge in [0.05, 0.1) is 12.2 Å². The summed E-state index contributed by atoms with van der Waals surface area (Å²) in [4.78, 5) is 2.50. The number of nitrogens with zero attached hydrogens (tertiary/aromatic N) is 3. The van der Waals surface area contributed by atoms with Gasteiger partial charge in [-0.2, -0.15) is 5.10 Å². The van der Waals surface area contributed by atoms with E-state index >= 15 is 0 Å². The fourth-order valence-corrected chi connectivity index (χ4v) is 2.91. The second kappa shape index (κ2) is 5.05. The van der Waals surface area contributed by atoms with E-state index in [0.717, 1.165) is 25.3 Å². The van der Waals surface area contributed by atoms with E-state index in [0.29, 0.717) is 12.1 Å². The fourth-order valence-electron chi connectivity index (χ4n) is 2.91. The van der Waals surface area contributed by atoms with E-state index in [1.54, 1.807) is 6.20 Å². The number of aromatic nitrogens is 2. The summed E-state index contributed by atoms with van der Waals surface area (Å²) in [6, 6.07) is 13.4. The molecular formula is C15H20N4. The van der Waals surface area contributed by atoms with E-state index in [-0.39, 0.29) is 0 Å². The SMILES string of the molecule is CC1CC(n2nccc2N)CN1Cc1ccccc1. The molecule has 4 heteroatoms. The first-order valence-electron chi connectivity index (χ1n) is 6.81. The number of nitrogens with two attached hydrogens (primary N) is 1. The fraction of sp³-hybridized carbons (Fsp3) is 0.400. The van der Waals surface area contributed by atoms with Crippen LogP contribution in [-0.2, 0) is 6.54 Å². The number of rotatable bonds is 3. The van der Waals surface area contributed by atoms with Crippen LogP contribution >= 0.6 is 0 Å². The molecule has 0 amide bonds. The molecule has 3 rings (SSSR count). The monoisotopic (exact) mass is 256 g/mol. The molecule has 1 aliphatic heterocycles. The minimum absolute atomic E-state index is 0.397. The molecule has 1 aromatic carbocycles. The van der Waals surface area contributed by atoms with Crippen molar-refractivity contribution in [2.45, 2.75) is 32.0 Å². The Morgan fingerprint density at radius 1 is 1.26 bits per heavy atom. The van der Waals surface area contributed by atoms with E-state index in [1.807, 2.05) is 10.7 Å². The molecule has 0 bridgehead atoms. The second-order valence-electron chi connectivity index (χ2n) is 5.35. The molecule has 2 aromatic rings. The molecular weight excluding hydrogens is 236 g/mol. The third kappa shape index (κ3) is 2.49. The van der Waals surface area contributed by atoms with Gasteiger partial charge in [0.15, 0.2) is 0 Å². The summed E-state index contributed by atoms with van der Waals surface area (Å²) < 4.78 is 1.96. The number of benzene rings is 1. The quantitative estimate of drug-likeness (QED) is 0.916. The largest absolute Gasteiger partial charge is 0.384 e. The smallest absolute Gasteiger partial charge is 0.122 e. The van der Waals surface area contributed by atoms with Crippen molar-refractivity contribution in [1.29, 1.82) is 0 Å². The molecule has 1 fully saturated rings. The molecule has 0 saturated carbocycles. The van der Waals surface area contributed by atoms with Crippen molar-refractivity contribution in [3.63, 3.8) is 0 Å². The van der Waals surface area contributed by atoms with Crippen LogP contribution < -0.4 is 5.73 Å². The van der Waals surface area contributed by atoms with Crippen molar-refractivity contribution in [3.05, 3.63) is 48.2 Å². The Bertz CT molecular complexity index is 534. The van der Waals surface area contributed by atoms with Gasteiger partial charge in [-0.05, 0) is 25.0 Å². The highest BCUT2D eigenvalue weighted by atomic mass is 15.4. The van der Waals surface area contributed by atoms with Gasteiger partial charge in [-0.25, -0.2) is 4.68 Å². The Balaban J connectivity index is 1.70. The van der Waals surface area contributed by atoms with Crippen molar-refractivity contribution < 1.29 is 0 Å². The van der Waals surface area contributed by atoms with Crippen LogP contribution in [0.25, 0.3) is 0 Å². The van der Waals surface area contributed by atoms with E-state index in [9.17, 15) is 0 Å². The van der Waals surface area contributed by atoms with Crippen molar-refractivity contribution >= 4 is 5.82 Å². The second-order valence-corrected chi connectivity index (χ2v) is 5.35. The zero-order chi connectivity index (χ0) is 13.2. The summed E-state index contributed by atoms with van der Waals surface area (Å²) in [6.45, 7) is 4.30. The van der Waals surface area contributed by atoms with Crippen LogP contribution in [0.1, 0.15) is 24.9 Å². The van der Waals surface area contributed by atoms with Crippen molar-refractivity contribution in [2.24, 2.45) is 0 Å². The van der Waals surface area contributed by atoms with Crippen LogP contribution in [0.2, 0.25) is 0 Å². The number of nitrogen functional groups attached to an aromatic ring is 1. The Kier molecular flexibility index (Phi) is 3.25. The first kappa shape index (κ1) is 12.2. The van der Waals surface area contributed by atoms with Gasteiger partial charge in [-0.15, -0.1) is 0 Å². The molecule has 2 unspecified atom stereocenters.